The molecule has 0 radical (unpaired) electrons. The van der Waals surface area contributed by atoms with Crippen LogP contribution in [-0.4, -0.2) is 87.9 Å². The molecule has 4 atom stereocenters. The Morgan fingerprint density at radius 1 is 1.00 bits per heavy atom. The molecular formula is C40H53N5O5S. The first-order valence-corrected chi connectivity index (χ1v) is 19.2. The number of hydrogen-bond donors (Lipinski definition) is 0. The van der Waals surface area contributed by atoms with Gasteiger partial charge in [0.05, 0.1) is 24.6 Å². The van der Waals surface area contributed by atoms with Crippen LogP contribution >= 0.6 is 11.8 Å². The predicted octanol–water partition coefficient (Wildman–Crippen LogP) is 7.76. The summed E-state index contributed by atoms with van der Waals surface area (Å²) in [6, 6.07) is 20.6. The maximum Gasteiger partial charge on any atom is 0.410 e. The quantitative estimate of drug-likeness (QED) is 0.122. The highest BCUT2D eigenvalue weighted by Gasteiger charge is 2.54. The lowest BCUT2D eigenvalue weighted by molar-refractivity contribution is -0.159. The van der Waals surface area contributed by atoms with Crippen LogP contribution in [0.5, 0.6) is 5.75 Å². The number of hydrogen-bond acceptors (Lipinski definition) is 9. The van der Waals surface area contributed by atoms with Gasteiger partial charge in [0.15, 0.2) is 5.79 Å². The standard InChI is InChI=1S/C40H53N5O5S/c1-39(2,3)50-38(46)44(21-18-28-12-9-8-10-13-28)20-11-23-51-26-30-24-33(35-34(30)48-40(4,5)49-35)45-22-19-32-36(41-27-42-37(32)45)43(6)25-29-14-16-31(47-7)17-15-29/h8-10,12-17,19,22,27,30,33-35H,11,18,20-21,23-26H2,1-7H3/t30-,33-,34-,35+/m1/s1. The maximum absolute atomic E-state index is 13.1. The molecule has 3 heterocycles. The van der Waals surface area contributed by atoms with Crippen molar-refractivity contribution in [2.45, 2.75) is 90.1 Å². The lowest BCUT2D eigenvalue weighted by Gasteiger charge is -2.27. The first-order valence-electron chi connectivity index (χ1n) is 18.0. The number of carbonyl (C=O) groups excluding carboxylic acids is 1. The van der Waals surface area contributed by atoms with Crippen LogP contribution in [0.2, 0.25) is 0 Å². The predicted molar refractivity (Wildman–Crippen MR) is 203 cm³/mol. The molecule has 274 valence electrons. The van der Waals surface area contributed by atoms with Gasteiger partial charge < -0.3 is 33.3 Å². The van der Waals surface area contributed by atoms with Gasteiger partial charge in [0.25, 0.3) is 0 Å². The van der Waals surface area contributed by atoms with E-state index in [1.807, 2.05) is 81.6 Å². The molecule has 1 aliphatic heterocycles. The highest BCUT2D eigenvalue weighted by atomic mass is 32.2. The number of amides is 1. The molecule has 1 saturated carbocycles. The van der Waals surface area contributed by atoms with Crippen LogP contribution in [0.1, 0.15) is 64.6 Å². The second-order valence-corrected chi connectivity index (χ2v) is 16.3. The van der Waals surface area contributed by atoms with E-state index in [9.17, 15) is 4.79 Å². The second-order valence-electron chi connectivity index (χ2n) is 15.1. The summed E-state index contributed by atoms with van der Waals surface area (Å²) in [7, 11) is 3.74. The van der Waals surface area contributed by atoms with Crippen LogP contribution in [-0.2, 0) is 27.2 Å². The number of anilines is 1. The molecule has 1 aliphatic carbocycles. The van der Waals surface area contributed by atoms with Gasteiger partial charge in [-0.05, 0) is 101 Å². The van der Waals surface area contributed by atoms with E-state index in [0.29, 0.717) is 25.6 Å². The maximum atomic E-state index is 13.1. The van der Waals surface area contributed by atoms with Gasteiger partial charge in [-0.25, -0.2) is 14.8 Å². The summed E-state index contributed by atoms with van der Waals surface area (Å²) in [5.74, 6) is 3.31. The van der Waals surface area contributed by atoms with Crippen molar-refractivity contribution >= 4 is 34.7 Å². The average Bonchev–Trinajstić information content (AvgIpc) is 3.76. The van der Waals surface area contributed by atoms with Gasteiger partial charge >= 0.3 is 6.09 Å². The monoisotopic (exact) mass is 715 g/mol. The molecule has 11 heteroatoms. The molecule has 0 bridgehead atoms. The summed E-state index contributed by atoms with van der Waals surface area (Å²) < 4.78 is 26.5. The molecule has 2 fully saturated rings. The Balaban J connectivity index is 1.09. The summed E-state index contributed by atoms with van der Waals surface area (Å²) in [4.78, 5) is 26.6. The Kier molecular flexibility index (Phi) is 11.5. The fourth-order valence-electron chi connectivity index (χ4n) is 7.22. The summed E-state index contributed by atoms with van der Waals surface area (Å²) in [5.41, 5.74) is 2.76. The number of benzene rings is 2. The average molecular weight is 716 g/mol. The Morgan fingerprint density at radius 3 is 2.47 bits per heavy atom. The van der Waals surface area contributed by atoms with Crippen molar-refractivity contribution in [3.8, 4) is 5.75 Å². The number of thioether (sulfide) groups is 1. The molecule has 6 rings (SSSR count). The van der Waals surface area contributed by atoms with Crippen molar-refractivity contribution in [1.29, 1.82) is 0 Å². The SMILES string of the molecule is COc1ccc(CN(C)c2ncnc3c2ccn3[C@@H]2C[C@H](CSCCCN(CCc3ccccc3)C(=O)OC(C)(C)C)[C@H]3OC(C)(C)O[C@H]32)cc1. The lowest BCUT2D eigenvalue weighted by atomic mass is 10.1. The van der Waals surface area contributed by atoms with Crippen LogP contribution < -0.4 is 9.64 Å². The van der Waals surface area contributed by atoms with E-state index >= 15 is 0 Å². The highest BCUT2D eigenvalue weighted by molar-refractivity contribution is 7.99. The van der Waals surface area contributed by atoms with E-state index in [1.54, 1.807) is 13.4 Å². The number of fused-ring (bicyclic) bond motifs is 2. The highest BCUT2D eigenvalue weighted by Crippen LogP contribution is 2.48. The zero-order valence-electron chi connectivity index (χ0n) is 31.1. The molecule has 10 nitrogen and oxygen atoms in total. The number of aromatic nitrogens is 3. The van der Waals surface area contributed by atoms with Gasteiger partial charge in [0, 0.05) is 32.9 Å². The summed E-state index contributed by atoms with van der Waals surface area (Å²) in [6.45, 7) is 11.8. The third-order valence-corrected chi connectivity index (χ3v) is 10.8. The zero-order chi connectivity index (χ0) is 36.2. The van der Waals surface area contributed by atoms with Crippen molar-refractivity contribution < 1.29 is 23.7 Å². The topological polar surface area (TPSA) is 91.2 Å². The van der Waals surface area contributed by atoms with E-state index < -0.39 is 11.4 Å². The number of rotatable bonds is 14. The minimum Gasteiger partial charge on any atom is -0.497 e. The van der Waals surface area contributed by atoms with Gasteiger partial charge in [0.2, 0.25) is 0 Å². The molecule has 0 spiro atoms. The van der Waals surface area contributed by atoms with Gasteiger partial charge in [-0.3, -0.25) is 0 Å². The molecule has 1 saturated heterocycles. The number of methoxy groups -OCH3 is 1. The number of nitrogens with zero attached hydrogens (tertiary/aromatic N) is 5. The van der Waals surface area contributed by atoms with Crippen molar-refractivity contribution in [2.24, 2.45) is 5.92 Å². The van der Waals surface area contributed by atoms with E-state index in [4.69, 9.17) is 28.9 Å². The number of carbonyl (C=O) groups is 1. The molecule has 2 aliphatic rings. The molecule has 51 heavy (non-hydrogen) atoms. The summed E-state index contributed by atoms with van der Waals surface area (Å²) in [5, 5.41) is 1.02. The molecule has 0 unspecified atom stereocenters. The van der Waals surface area contributed by atoms with Crippen molar-refractivity contribution in [1.82, 2.24) is 19.4 Å². The van der Waals surface area contributed by atoms with E-state index in [0.717, 1.165) is 53.4 Å². The Labute approximate surface area is 306 Å². The van der Waals surface area contributed by atoms with Gasteiger partial charge in [0.1, 0.15) is 35.2 Å². The van der Waals surface area contributed by atoms with Crippen LogP contribution in [0.3, 0.4) is 0 Å². The fourth-order valence-corrected chi connectivity index (χ4v) is 8.35. The van der Waals surface area contributed by atoms with Crippen LogP contribution in [0.25, 0.3) is 11.0 Å². The van der Waals surface area contributed by atoms with E-state index in [2.05, 4.69) is 53.0 Å². The third kappa shape index (κ3) is 9.17. The van der Waals surface area contributed by atoms with Crippen LogP contribution in [0, 0.1) is 5.92 Å². The summed E-state index contributed by atoms with van der Waals surface area (Å²) >= 11 is 1.93. The molecule has 0 N–H and O–H groups in total. The van der Waals surface area contributed by atoms with Crippen molar-refractivity contribution in [3.63, 3.8) is 0 Å². The first-order chi connectivity index (χ1) is 24.4. The normalized spacial score (nSPS) is 21.1. The Bertz CT molecular complexity index is 1740. The number of ether oxygens (including phenoxy) is 4. The lowest BCUT2D eigenvalue weighted by Crippen LogP contribution is -2.38. The summed E-state index contributed by atoms with van der Waals surface area (Å²) in [6.07, 6.45) is 6.09. The van der Waals surface area contributed by atoms with Crippen molar-refractivity contribution in [2.75, 3.05) is 43.7 Å². The second kappa shape index (κ2) is 15.8. The molecule has 2 aromatic carbocycles. The Hall–Kier alpha value is -3.80. The third-order valence-electron chi connectivity index (χ3n) is 9.55. The van der Waals surface area contributed by atoms with Gasteiger partial charge in [-0.2, -0.15) is 11.8 Å². The smallest absolute Gasteiger partial charge is 0.410 e. The minimum atomic E-state index is -0.648. The van der Waals surface area contributed by atoms with Crippen molar-refractivity contribution in [3.05, 3.63) is 84.3 Å². The van der Waals surface area contributed by atoms with Crippen LogP contribution in [0.4, 0.5) is 10.6 Å². The van der Waals surface area contributed by atoms with Gasteiger partial charge in [-0.15, -0.1) is 0 Å². The zero-order valence-corrected chi connectivity index (χ0v) is 31.9. The molecule has 2 aromatic heterocycles. The fraction of sp³-hybridized carbons (Fsp3) is 0.525. The van der Waals surface area contributed by atoms with E-state index in [-0.39, 0.29) is 24.3 Å². The van der Waals surface area contributed by atoms with Gasteiger partial charge in [-0.1, -0.05) is 42.5 Å². The molecular weight excluding hydrogens is 663 g/mol. The van der Waals surface area contributed by atoms with E-state index in [1.165, 1.54) is 11.1 Å². The Morgan fingerprint density at radius 2 is 1.75 bits per heavy atom. The van der Waals surface area contributed by atoms with Crippen LogP contribution in [0.15, 0.2) is 73.2 Å². The largest absolute Gasteiger partial charge is 0.497 e. The first kappa shape index (κ1) is 37.0. The molecule has 1 amide bonds. The minimum absolute atomic E-state index is 0.00172. The molecule has 4 aromatic rings.